The van der Waals surface area contributed by atoms with Gasteiger partial charge in [0.05, 0.1) is 0 Å². The number of fused-ring (bicyclic) bond motifs is 1. The molecule has 22 heavy (non-hydrogen) atoms. The highest BCUT2D eigenvalue weighted by atomic mass is 35.5. The van der Waals surface area contributed by atoms with Crippen LogP contribution >= 0.6 is 11.6 Å². The second-order valence-electron chi connectivity index (χ2n) is 5.67. The van der Waals surface area contributed by atoms with Gasteiger partial charge in [0, 0.05) is 23.5 Å². The van der Waals surface area contributed by atoms with Crippen molar-refractivity contribution in [3.63, 3.8) is 0 Å². The molecule has 1 aromatic heterocycles. The highest BCUT2D eigenvalue weighted by molar-refractivity contribution is 7.89. The van der Waals surface area contributed by atoms with E-state index in [2.05, 4.69) is 6.92 Å². The molecule has 0 amide bonds. The van der Waals surface area contributed by atoms with Crippen molar-refractivity contribution in [3.8, 4) is 0 Å². The molecule has 0 radical (unpaired) electrons. The van der Waals surface area contributed by atoms with Gasteiger partial charge >= 0.3 is 5.63 Å². The predicted octanol–water partition coefficient (Wildman–Crippen LogP) is 2.87. The first kappa shape index (κ1) is 15.5. The third kappa shape index (κ3) is 2.78. The average molecular weight is 342 g/mol. The molecule has 2 heterocycles. The second-order valence-corrected chi connectivity index (χ2v) is 8.01. The number of nitrogens with zero attached hydrogens (tertiary/aromatic N) is 1. The molecule has 1 aromatic carbocycles. The van der Waals surface area contributed by atoms with Crippen LogP contribution in [-0.2, 0) is 10.0 Å². The molecule has 7 heteroatoms. The zero-order chi connectivity index (χ0) is 15.9. The highest BCUT2D eigenvalue weighted by Gasteiger charge is 2.31. The van der Waals surface area contributed by atoms with E-state index in [1.54, 1.807) is 18.2 Å². The maximum Gasteiger partial charge on any atom is 0.356 e. The minimum absolute atomic E-state index is 0.320. The van der Waals surface area contributed by atoms with E-state index >= 15 is 0 Å². The Labute approximate surface area is 133 Å². The van der Waals surface area contributed by atoms with E-state index in [0.29, 0.717) is 35.0 Å². The Hall–Kier alpha value is -1.37. The van der Waals surface area contributed by atoms with Crippen LogP contribution in [0.25, 0.3) is 11.0 Å². The fraction of sp³-hybridized carbons (Fsp3) is 0.400. The van der Waals surface area contributed by atoms with E-state index in [4.69, 9.17) is 16.0 Å². The van der Waals surface area contributed by atoms with Gasteiger partial charge in [0.25, 0.3) is 0 Å². The summed E-state index contributed by atoms with van der Waals surface area (Å²) in [4.78, 5) is 11.7. The summed E-state index contributed by atoms with van der Waals surface area (Å²) < 4.78 is 31.8. The van der Waals surface area contributed by atoms with Gasteiger partial charge in [-0.05, 0) is 43.0 Å². The van der Waals surface area contributed by atoms with E-state index in [-0.39, 0.29) is 4.90 Å². The van der Waals surface area contributed by atoms with Gasteiger partial charge in [0.1, 0.15) is 5.58 Å². The third-order valence-electron chi connectivity index (χ3n) is 4.02. The first-order valence-electron chi connectivity index (χ1n) is 7.11. The molecule has 5 nitrogen and oxygen atoms in total. The number of halogens is 1. The van der Waals surface area contributed by atoms with E-state index < -0.39 is 15.6 Å². The molecule has 0 atom stereocenters. The Morgan fingerprint density at radius 1 is 1.23 bits per heavy atom. The summed E-state index contributed by atoms with van der Waals surface area (Å²) >= 11 is 5.91. The first-order chi connectivity index (χ1) is 10.4. The van der Waals surface area contributed by atoms with Crippen LogP contribution in [0.4, 0.5) is 0 Å². The van der Waals surface area contributed by atoms with Crippen molar-refractivity contribution in [2.24, 2.45) is 5.92 Å². The molecule has 3 rings (SSSR count). The summed E-state index contributed by atoms with van der Waals surface area (Å²) in [6.45, 7) is 2.95. The minimum atomic E-state index is -3.84. The molecule has 118 valence electrons. The summed E-state index contributed by atoms with van der Waals surface area (Å²) in [6.07, 6.45) is 1.59. The van der Waals surface area contributed by atoms with E-state index in [0.717, 1.165) is 12.8 Å². The van der Waals surface area contributed by atoms with Gasteiger partial charge < -0.3 is 4.42 Å². The number of hydrogen-bond donors (Lipinski definition) is 0. The lowest BCUT2D eigenvalue weighted by atomic mass is 10.0. The van der Waals surface area contributed by atoms with Gasteiger partial charge in [0.15, 0.2) is 4.90 Å². The lowest BCUT2D eigenvalue weighted by molar-refractivity contribution is 0.287. The SMILES string of the molecule is CC1CCN(S(=O)(=O)c2cc3cc(Cl)ccc3oc2=O)CC1. The van der Waals surface area contributed by atoms with Gasteiger partial charge in [-0.3, -0.25) is 0 Å². The van der Waals surface area contributed by atoms with Crippen molar-refractivity contribution in [2.75, 3.05) is 13.1 Å². The number of rotatable bonds is 2. The molecule has 0 aliphatic carbocycles. The number of piperidine rings is 1. The van der Waals surface area contributed by atoms with Crippen LogP contribution in [0.1, 0.15) is 19.8 Å². The van der Waals surface area contributed by atoms with Crippen molar-refractivity contribution in [1.29, 1.82) is 0 Å². The molecule has 0 bridgehead atoms. The smallest absolute Gasteiger partial charge is 0.356 e. The average Bonchev–Trinajstić information content (AvgIpc) is 2.47. The Balaban J connectivity index is 2.08. The normalized spacial score (nSPS) is 17.9. The van der Waals surface area contributed by atoms with Crippen LogP contribution < -0.4 is 5.63 Å². The van der Waals surface area contributed by atoms with E-state index in [1.165, 1.54) is 10.4 Å². The molecule has 0 spiro atoms. The van der Waals surface area contributed by atoms with Crippen molar-refractivity contribution < 1.29 is 12.8 Å². The lowest BCUT2D eigenvalue weighted by Crippen LogP contribution is -2.39. The molecule has 0 N–H and O–H groups in total. The van der Waals surface area contributed by atoms with Crippen molar-refractivity contribution in [2.45, 2.75) is 24.7 Å². The van der Waals surface area contributed by atoms with Gasteiger partial charge in [0.2, 0.25) is 10.0 Å². The molecular weight excluding hydrogens is 326 g/mol. The number of benzene rings is 1. The lowest BCUT2D eigenvalue weighted by Gasteiger charge is -2.29. The molecule has 2 aromatic rings. The zero-order valence-corrected chi connectivity index (χ0v) is 13.7. The van der Waals surface area contributed by atoms with Crippen molar-refractivity contribution in [1.82, 2.24) is 4.31 Å². The van der Waals surface area contributed by atoms with Gasteiger partial charge in [-0.2, -0.15) is 4.31 Å². The van der Waals surface area contributed by atoms with Gasteiger partial charge in [-0.1, -0.05) is 18.5 Å². The third-order valence-corrected chi connectivity index (χ3v) is 6.14. The Morgan fingerprint density at radius 2 is 1.91 bits per heavy atom. The molecular formula is C15H16ClNO4S. The fourth-order valence-corrected chi connectivity index (χ4v) is 4.30. The summed E-state index contributed by atoms with van der Waals surface area (Å²) in [5.74, 6) is 0.498. The minimum Gasteiger partial charge on any atom is -0.422 e. The molecule has 1 aliphatic rings. The van der Waals surface area contributed by atoms with Crippen LogP contribution in [-0.4, -0.2) is 25.8 Å². The fourth-order valence-electron chi connectivity index (χ4n) is 2.62. The predicted molar refractivity (Wildman–Crippen MR) is 84.7 cm³/mol. The van der Waals surface area contributed by atoms with Crippen LogP contribution in [0.5, 0.6) is 0 Å². The van der Waals surface area contributed by atoms with Crippen molar-refractivity contribution in [3.05, 3.63) is 39.7 Å². The summed E-state index contributed by atoms with van der Waals surface area (Å²) in [5.41, 5.74) is -0.519. The maximum absolute atomic E-state index is 12.7. The summed E-state index contributed by atoms with van der Waals surface area (Å²) in [6, 6.07) is 6.07. The molecule has 1 saturated heterocycles. The largest absolute Gasteiger partial charge is 0.422 e. The highest BCUT2D eigenvalue weighted by Crippen LogP contribution is 2.25. The van der Waals surface area contributed by atoms with Crippen LogP contribution in [0, 0.1) is 5.92 Å². The Kier molecular flexibility index (Phi) is 4.01. The number of sulfonamides is 1. The summed E-state index contributed by atoms with van der Waals surface area (Å²) in [5, 5.41) is 0.951. The zero-order valence-electron chi connectivity index (χ0n) is 12.1. The Bertz CT molecular complexity index is 867. The molecule has 1 fully saturated rings. The van der Waals surface area contributed by atoms with Gasteiger partial charge in [-0.25, -0.2) is 13.2 Å². The molecule has 1 aliphatic heterocycles. The standard InChI is InChI=1S/C15H16ClNO4S/c1-10-4-6-17(7-5-10)22(19,20)14-9-11-8-12(16)2-3-13(11)21-15(14)18/h2-3,8-10H,4-7H2,1H3. The molecule has 0 saturated carbocycles. The van der Waals surface area contributed by atoms with E-state index in [1.807, 2.05) is 0 Å². The van der Waals surface area contributed by atoms with Crippen LogP contribution in [0.3, 0.4) is 0 Å². The topological polar surface area (TPSA) is 67.6 Å². The van der Waals surface area contributed by atoms with Crippen LogP contribution in [0.15, 0.2) is 38.4 Å². The monoisotopic (exact) mass is 341 g/mol. The van der Waals surface area contributed by atoms with Gasteiger partial charge in [-0.15, -0.1) is 0 Å². The quantitative estimate of drug-likeness (QED) is 0.788. The van der Waals surface area contributed by atoms with Crippen LogP contribution in [0.2, 0.25) is 5.02 Å². The first-order valence-corrected chi connectivity index (χ1v) is 8.93. The number of hydrogen-bond acceptors (Lipinski definition) is 4. The van der Waals surface area contributed by atoms with E-state index in [9.17, 15) is 13.2 Å². The molecule has 0 unspecified atom stereocenters. The summed E-state index contributed by atoms with van der Waals surface area (Å²) in [7, 11) is -3.84. The van der Waals surface area contributed by atoms with Crippen molar-refractivity contribution >= 4 is 32.6 Å². The maximum atomic E-state index is 12.7. The Morgan fingerprint density at radius 3 is 2.59 bits per heavy atom. The second kappa shape index (κ2) is 5.68.